The van der Waals surface area contributed by atoms with Gasteiger partial charge in [0.25, 0.3) is 5.91 Å². The van der Waals surface area contributed by atoms with Crippen LogP contribution in [0, 0.1) is 0 Å². The quantitative estimate of drug-likeness (QED) is 0.685. The number of nitrogens with zero attached hydrogens (tertiary/aromatic N) is 2. The molecule has 2 amide bonds. The highest BCUT2D eigenvalue weighted by Gasteiger charge is 2.49. The third-order valence-electron chi connectivity index (χ3n) is 2.65. The minimum Gasteiger partial charge on any atom is -0.334 e. The van der Waals surface area contributed by atoms with Gasteiger partial charge in [-0.2, -0.15) is 0 Å². The highest BCUT2D eigenvalue weighted by Crippen LogP contribution is 2.55. The Morgan fingerprint density at radius 1 is 1.22 bits per heavy atom. The zero-order valence-electron chi connectivity index (χ0n) is 11.1. The number of hydrogen-bond donors (Lipinski definition) is 0. The molecule has 1 rings (SSSR count). The van der Waals surface area contributed by atoms with Gasteiger partial charge < -0.3 is 18.8 Å². The van der Waals surface area contributed by atoms with Crippen molar-refractivity contribution in [2.45, 2.75) is 19.6 Å². The van der Waals surface area contributed by atoms with Crippen LogP contribution in [0.25, 0.3) is 0 Å². The van der Waals surface area contributed by atoms with Gasteiger partial charge in [-0.05, 0) is 13.8 Å². The molecule has 0 aliphatic carbocycles. The van der Waals surface area contributed by atoms with E-state index < -0.39 is 19.3 Å². The zero-order chi connectivity index (χ0) is 13.9. The molecule has 1 aliphatic rings. The Balaban J connectivity index is 3.11. The van der Waals surface area contributed by atoms with Gasteiger partial charge in [0.1, 0.15) is 0 Å². The number of carbonyl (C=O) groups excluding carboxylic acids is 2. The molecule has 1 atom stereocenters. The van der Waals surface area contributed by atoms with Crippen molar-refractivity contribution in [2.24, 2.45) is 0 Å². The van der Waals surface area contributed by atoms with Gasteiger partial charge in [0.15, 0.2) is 0 Å². The predicted octanol–water partition coefficient (Wildman–Crippen LogP) is 0.509. The third-order valence-corrected chi connectivity index (χ3v) is 5.05. The number of likely N-dealkylation sites (N-methyl/N-ethyl adjacent to an activating group) is 2. The Labute approximate surface area is 107 Å². The molecule has 0 N–H and O–H groups in total. The highest BCUT2D eigenvalue weighted by molar-refractivity contribution is 7.55. The Morgan fingerprint density at radius 2 is 1.72 bits per heavy atom. The summed E-state index contributed by atoms with van der Waals surface area (Å²) < 4.78 is 22.9. The third kappa shape index (κ3) is 2.74. The minimum atomic E-state index is -3.67. The van der Waals surface area contributed by atoms with Crippen LogP contribution >= 0.6 is 7.60 Å². The summed E-state index contributed by atoms with van der Waals surface area (Å²) in [4.78, 5) is 26.2. The maximum atomic E-state index is 12.6. The molecule has 0 aromatic rings. The minimum absolute atomic E-state index is 0.0237. The summed E-state index contributed by atoms with van der Waals surface area (Å²) in [5.74, 6) is -1.91. The Kier molecular flexibility index (Phi) is 4.90. The van der Waals surface area contributed by atoms with Crippen LogP contribution in [0.3, 0.4) is 0 Å². The first-order valence-corrected chi connectivity index (χ1v) is 7.38. The highest BCUT2D eigenvalue weighted by atomic mass is 31.2. The number of rotatable bonds is 5. The fourth-order valence-corrected chi connectivity index (χ4v) is 3.87. The lowest BCUT2D eigenvalue weighted by Crippen LogP contribution is -2.57. The van der Waals surface area contributed by atoms with Crippen LogP contribution in [0.5, 0.6) is 0 Å². The molecule has 7 nitrogen and oxygen atoms in total. The Hall–Kier alpha value is -0.910. The normalized spacial score (nSPS) is 21.7. The van der Waals surface area contributed by atoms with Crippen molar-refractivity contribution in [3.63, 3.8) is 0 Å². The van der Waals surface area contributed by atoms with E-state index in [1.807, 2.05) is 0 Å². The second-order valence-electron chi connectivity index (χ2n) is 3.95. The van der Waals surface area contributed by atoms with Gasteiger partial charge in [0.2, 0.25) is 11.7 Å². The van der Waals surface area contributed by atoms with Crippen LogP contribution in [-0.2, 0) is 23.2 Å². The number of hydrogen-bond acceptors (Lipinski definition) is 5. The molecule has 18 heavy (non-hydrogen) atoms. The Morgan fingerprint density at radius 3 is 2.17 bits per heavy atom. The van der Waals surface area contributed by atoms with Crippen LogP contribution in [0.2, 0.25) is 0 Å². The fourth-order valence-electron chi connectivity index (χ4n) is 1.78. The van der Waals surface area contributed by atoms with E-state index in [0.717, 1.165) is 4.90 Å². The van der Waals surface area contributed by atoms with E-state index in [4.69, 9.17) is 9.05 Å². The largest absolute Gasteiger partial charge is 0.362 e. The molecule has 1 fully saturated rings. The molecular weight excluding hydrogens is 259 g/mol. The lowest BCUT2D eigenvalue weighted by atomic mass is 10.3. The summed E-state index contributed by atoms with van der Waals surface area (Å²) in [6, 6.07) is 0. The summed E-state index contributed by atoms with van der Waals surface area (Å²) in [7, 11) is -0.746. The molecule has 0 bridgehead atoms. The van der Waals surface area contributed by atoms with E-state index >= 15 is 0 Å². The monoisotopic (exact) mass is 278 g/mol. The van der Waals surface area contributed by atoms with Gasteiger partial charge >= 0.3 is 7.60 Å². The maximum absolute atomic E-state index is 12.6. The van der Waals surface area contributed by atoms with Crippen molar-refractivity contribution in [3.05, 3.63) is 0 Å². The topological polar surface area (TPSA) is 76.1 Å². The van der Waals surface area contributed by atoms with Gasteiger partial charge in [0, 0.05) is 14.1 Å². The van der Waals surface area contributed by atoms with Crippen LogP contribution in [-0.4, -0.2) is 61.3 Å². The molecule has 0 aromatic carbocycles. The molecule has 1 heterocycles. The smallest absolute Gasteiger partial charge is 0.334 e. The molecule has 0 aromatic heterocycles. The molecular formula is C10H19N2O5P. The van der Waals surface area contributed by atoms with Crippen molar-refractivity contribution >= 4 is 19.4 Å². The molecule has 1 saturated heterocycles. The van der Waals surface area contributed by atoms with Crippen molar-refractivity contribution in [1.29, 1.82) is 0 Å². The average Bonchev–Trinajstić information content (AvgIpc) is 2.27. The average molecular weight is 278 g/mol. The lowest BCUT2D eigenvalue weighted by molar-refractivity contribution is -0.150. The van der Waals surface area contributed by atoms with E-state index in [-0.39, 0.29) is 25.7 Å². The summed E-state index contributed by atoms with van der Waals surface area (Å²) >= 11 is 0. The second-order valence-corrected chi connectivity index (χ2v) is 6.03. The maximum Gasteiger partial charge on any atom is 0.362 e. The van der Waals surface area contributed by atoms with Crippen LogP contribution in [0.4, 0.5) is 0 Å². The number of carbonyl (C=O) groups is 2. The van der Waals surface area contributed by atoms with E-state index in [1.54, 1.807) is 13.8 Å². The summed E-state index contributed by atoms with van der Waals surface area (Å²) in [5, 5.41) is 0. The fraction of sp³-hybridized carbons (Fsp3) is 0.800. The van der Waals surface area contributed by atoms with Gasteiger partial charge in [-0.1, -0.05) is 0 Å². The van der Waals surface area contributed by atoms with Crippen molar-refractivity contribution in [2.75, 3.05) is 33.9 Å². The lowest BCUT2D eigenvalue weighted by Gasteiger charge is -2.38. The number of piperazine rings is 1. The zero-order valence-corrected chi connectivity index (χ0v) is 12.0. The van der Waals surface area contributed by atoms with Crippen LogP contribution < -0.4 is 0 Å². The van der Waals surface area contributed by atoms with Gasteiger partial charge in [-0.25, -0.2) is 0 Å². The summed E-state index contributed by atoms with van der Waals surface area (Å²) in [6.45, 7) is 3.58. The molecule has 0 radical (unpaired) electrons. The van der Waals surface area contributed by atoms with E-state index in [0.29, 0.717) is 0 Å². The molecule has 0 saturated carbocycles. The standard InChI is InChI=1S/C10H19N2O5P/c1-5-16-18(15,17-6-2)10-9(14)11(3)7-8(13)12(10)4/h10H,5-7H2,1-4H3. The van der Waals surface area contributed by atoms with E-state index in [1.165, 1.54) is 19.0 Å². The molecule has 1 aliphatic heterocycles. The molecule has 1 unspecified atom stereocenters. The summed E-state index contributed by atoms with van der Waals surface area (Å²) in [5.41, 5.74) is 0. The van der Waals surface area contributed by atoms with Gasteiger partial charge in [0.05, 0.1) is 19.8 Å². The number of amides is 2. The molecule has 0 spiro atoms. The predicted molar refractivity (Wildman–Crippen MR) is 65.1 cm³/mol. The Bertz CT molecular complexity index is 376. The molecule has 8 heteroatoms. The van der Waals surface area contributed by atoms with Crippen molar-refractivity contribution in [3.8, 4) is 0 Å². The second kappa shape index (κ2) is 5.82. The van der Waals surface area contributed by atoms with Crippen molar-refractivity contribution < 1.29 is 23.2 Å². The first-order chi connectivity index (χ1) is 8.37. The van der Waals surface area contributed by atoms with Crippen LogP contribution in [0.15, 0.2) is 0 Å². The molecule has 104 valence electrons. The van der Waals surface area contributed by atoms with E-state index in [9.17, 15) is 14.2 Å². The SMILES string of the molecule is CCOP(=O)(OCC)C1C(=O)N(C)CC(=O)N1C. The summed E-state index contributed by atoms with van der Waals surface area (Å²) in [6.07, 6.45) is 0. The first-order valence-electron chi connectivity index (χ1n) is 5.76. The first kappa shape index (κ1) is 15.1. The van der Waals surface area contributed by atoms with E-state index in [2.05, 4.69) is 0 Å². The van der Waals surface area contributed by atoms with Gasteiger partial charge in [-0.3, -0.25) is 14.2 Å². The van der Waals surface area contributed by atoms with Crippen molar-refractivity contribution in [1.82, 2.24) is 9.80 Å². The van der Waals surface area contributed by atoms with Crippen LogP contribution in [0.1, 0.15) is 13.8 Å². The van der Waals surface area contributed by atoms with Gasteiger partial charge in [-0.15, -0.1) is 0 Å².